The molecule has 0 radical (unpaired) electrons. The summed E-state index contributed by atoms with van der Waals surface area (Å²) in [4.78, 5) is 52.6. The van der Waals surface area contributed by atoms with Crippen molar-refractivity contribution in [3.05, 3.63) is 76.4 Å². The Morgan fingerprint density at radius 3 is 2.14 bits per heavy atom. The van der Waals surface area contributed by atoms with E-state index in [1.807, 2.05) is 12.3 Å². The normalized spacial score (nSPS) is 14.5. The monoisotopic (exact) mass is 735 g/mol. The molecular formula is C34H38ClN9O6S. The van der Waals surface area contributed by atoms with Crippen molar-refractivity contribution in [3.63, 3.8) is 0 Å². The number of urea groups is 1. The number of aromatic nitrogens is 3. The predicted octanol–water partition coefficient (Wildman–Crippen LogP) is 4.27. The molecule has 5 heterocycles. The molecule has 51 heavy (non-hydrogen) atoms. The summed E-state index contributed by atoms with van der Waals surface area (Å²) in [6.45, 7) is 2.50. The number of phenolic OH excluding ortho intramolecular Hbond substituents is 1. The Balaban J connectivity index is 1.11. The minimum atomic E-state index is -1.08. The fourth-order valence-electron chi connectivity index (χ4n) is 6.39. The number of hydrogen-bond acceptors (Lipinski definition) is 8. The number of aromatic hydroxyl groups is 1. The third kappa shape index (κ3) is 7.03. The molecule has 0 spiro atoms. The van der Waals surface area contributed by atoms with E-state index >= 15 is 0 Å². The number of rotatable bonds is 11. The molecule has 4 aromatic heterocycles. The summed E-state index contributed by atoms with van der Waals surface area (Å²) in [5, 5.41) is 35.3. The van der Waals surface area contributed by atoms with Gasteiger partial charge in [0.25, 0.3) is 11.8 Å². The minimum absolute atomic E-state index is 0.0642. The maximum atomic E-state index is 13.6. The number of phenols is 1. The third-order valence-corrected chi connectivity index (χ3v) is 10.3. The molecule has 17 heteroatoms. The molecule has 0 fully saturated rings. The standard InChI is InChI=1S/C34H38ClN9O6S/c1-17-16-51-30-26(45)10-22-29(28(17)30)18(11-35)12-44(22)34(50)40-21-9-25(43(4)15-21)33(49)39-20-8-24(42(3)14-20)32(48)38-19-7-23(41(2)13-19)31(47)37-6-5-27(36)46/h7-10,13-16,18,31,37,45,47H,5-6,11-12H2,1-4H3,(H2,36,46)(H,38,48)(H,39,49)(H,40,50)/t18-,31?/m1/s1. The Labute approximate surface area is 301 Å². The number of aliphatic hydroxyl groups excluding tert-OH is 1. The van der Waals surface area contributed by atoms with Gasteiger partial charge in [0.1, 0.15) is 23.4 Å². The van der Waals surface area contributed by atoms with Gasteiger partial charge < -0.3 is 45.6 Å². The number of nitrogens with one attached hydrogen (secondary N) is 4. The second kappa shape index (κ2) is 14.1. The summed E-state index contributed by atoms with van der Waals surface area (Å²) >= 11 is 7.79. The van der Waals surface area contributed by atoms with Crippen LogP contribution in [-0.4, -0.2) is 66.6 Å². The van der Waals surface area contributed by atoms with Crippen molar-refractivity contribution in [2.24, 2.45) is 26.9 Å². The zero-order valence-corrected chi connectivity index (χ0v) is 29.9. The zero-order valence-electron chi connectivity index (χ0n) is 28.3. The lowest BCUT2D eigenvalue weighted by Crippen LogP contribution is -2.34. The molecular weight excluding hydrogens is 698 g/mol. The maximum absolute atomic E-state index is 13.6. The maximum Gasteiger partial charge on any atom is 0.326 e. The topological polar surface area (TPSA) is 201 Å². The SMILES string of the molecule is Cc1csc2c(O)cc3c(c12)[C@H](CCl)CN3C(=O)Nc1cc(C(=O)Nc2cc(C(=O)Nc3cc(C(O)NCCC(N)=O)n(C)c3)n(C)c2)n(C)c1. The van der Waals surface area contributed by atoms with Crippen LogP contribution in [0.1, 0.15) is 56.4 Å². The Bertz CT molecular complexity index is 2180. The highest BCUT2D eigenvalue weighted by molar-refractivity contribution is 7.17. The van der Waals surface area contributed by atoms with Gasteiger partial charge in [-0.3, -0.25) is 24.6 Å². The summed E-state index contributed by atoms with van der Waals surface area (Å²) < 4.78 is 5.55. The summed E-state index contributed by atoms with van der Waals surface area (Å²) in [6, 6.07) is 5.86. The fourth-order valence-corrected chi connectivity index (χ4v) is 7.62. The van der Waals surface area contributed by atoms with Gasteiger partial charge in [0.05, 0.1) is 33.1 Å². The number of anilines is 4. The number of amides is 5. The molecule has 2 atom stereocenters. The van der Waals surface area contributed by atoms with Crippen LogP contribution in [-0.2, 0) is 25.9 Å². The number of primary amides is 1. The van der Waals surface area contributed by atoms with E-state index in [0.29, 0.717) is 40.9 Å². The van der Waals surface area contributed by atoms with Crippen LogP contribution in [0.25, 0.3) is 10.1 Å². The number of nitrogens with two attached hydrogens (primary N) is 1. The molecule has 15 nitrogen and oxygen atoms in total. The summed E-state index contributed by atoms with van der Waals surface area (Å²) in [5.74, 6) is -1.10. The first kappa shape index (κ1) is 35.5. The van der Waals surface area contributed by atoms with E-state index in [2.05, 4.69) is 21.3 Å². The molecule has 0 saturated carbocycles. The highest BCUT2D eigenvalue weighted by Gasteiger charge is 2.35. The van der Waals surface area contributed by atoms with Crippen molar-refractivity contribution >= 4 is 79.5 Å². The van der Waals surface area contributed by atoms with Crippen LogP contribution in [0.5, 0.6) is 5.75 Å². The quantitative estimate of drug-likeness (QED) is 0.0776. The van der Waals surface area contributed by atoms with Crippen molar-refractivity contribution in [3.8, 4) is 5.75 Å². The van der Waals surface area contributed by atoms with Crippen LogP contribution in [0.2, 0.25) is 0 Å². The number of thiophene rings is 1. The van der Waals surface area contributed by atoms with E-state index in [1.165, 1.54) is 17.4 Å². The Hall–Kier alpha value is -5.29. The van der Waals surface area contributed by atoms with Gasteiger partial charge in [0.15, 0.2) is 0 Å². The van der Waals surface area contributed by atoms with Crippen molar-refractivity contribution in [1.29, 1.82) is 0 Å². The largest absolute Gasteiger partial charge is 0.506 e. The van der Waals surface area contributed by atoms with Crippen LogP contribution in [0.15, 0.2) is 48.2 Å². The number of fused-ring (bicyclic) bond motifs is 3. The van der Waals surface area contributed by atoms with E-state index < -0.39 is 30.0 Å². The van der Waals surface area contributed by atoms with Crippen LogP contribution in [0.3, 0.4) is 0 Å². The second-order valence-electron chi connectivity index (χ2n) is 12.5. The van der Waals surface area contributed by atoms with Gasteiger partial charge in [0.2, 0.25) is 5.91 Å². The van der Waals surface area contributed by atoms with E-state index in [1.54, 1.807) is 76.5 Å². The first-order valence-corrected chi connectivity index (χ1v) is 17.4. The number of carbonyl (C=O) groups is 4. The average Bonchev–Trinajstić information content (AvgIpc) is 3.88. The van der Waals surface area contributed by atoms with Gasteiger partial charge in [0, 0.05) is 82.5 Å². The van der Waals surface area contributed by atoms with Gasteiger partial charge in [-0.05, 0) is 41.6 Å². The first-order chi connectivity index (χ1) is 24.2. The number of nitrogens with zero attached hydrogens (tertiary/aromatic N) is 4. The number of aliphatic hydroxyl groups is 1. The van der Waals surface area contributed by atoms with Gasteiger partial charge in [-0.1, -0.05) is 0 Å². The van der Waals surface area contributed by atoms with E-state index in [9.17, 15) is 29.4 Å². The average molecular weight is 736 g/mol. The van der Waals surface area contributed by atoms with E-state index in [4.69, 9.17) is 17.3 Å². The molecule has 5 amide bonds. The lowest BCUT2D eigenvalue weighted by molar-refractivity contribution is -0.118. The summed E-state index contributed by atoms with van der Waals surface area (Å²) in [6.07, 6.45) is 3.83. The molecule has 0 bridgehead atoms. The van der Waals surface area contributed by atoms with Crippen molar-refractivity contribution in [2.75, 3.05) is 39.8 Å². The lowest BCUT2D eigenvalue weighted by atomic mass is 9.97. The third-order valence-electron chi connectivity index (χ3n) is 8.83. The number of hydrogen-bond donors (Lipinski definition) is 7. The highest BCUT2D eigenvalue weighted by Crippen LogP contribution is 2.48. The molecule has 1 aromatic carbocycles. The second-order valence-corrected chi connectivity index (χ2v) is 13.7. The minimum Gasteiger partial charge on any atom is -0.506 e. The number of benzene rings is 1. The van der Waals surface area contributed by atoms with Crippen LogP contribution in [0.4, 0.5) is 27.5 Å². The number of alkyl halides is 1. The molecule has 1 aliphatic rings. The molecule has 5 aromatic rings. The molecule has 0 saturated heterocycles. The lowest BCUT2D eigenvalue weighted by Gasteiger charge is -2.18. The van der Waals surface area contributed by atoms with Crippen LogP contribution >= 0.6 is 22.9 Å². The number of aryl methyl sites for hydroxylation is 4. The van der Waals surface area contributed by atoms with Gasteiger partial charge in [-0.15, -0.1) is 22.9 Å². The summed E-state index contributed by atoms with van der Waals surface area (Å²) in [7, 11) is 5.05. The highest BCUT2D eigenvalue weighted by atomic mass is 35.5. The Morgan fingerprint density at radius 2 is 1.53 bits per heavy atom. The van der Waals surface area contributed by atoms with Gasteiger partial charge in [-0.25, -0.2) is 4.79 Å². The smallest absolute Gasteiger partial charge is 0.326 e. The Morgan fingerprint density at radius 1 is 0.941 bits per heavy atom. The fraction of sp³-hybridized carbons (Fsp3) is 0.294. The van der Waals surface area contributed by atoms with Gasteiger partial charge >= 0.3 is 6.03 Å². The van der Waals surface area contributed by atoms with Gasteiger partial charge in [-0.2, -0.15) is 0 Å². The molecule has 1 unspecified atom stereocenters. The van der Waals surface area contributed by atoms with E-state index in [-0.39, 0.29) is 36.0 Å². The molecule has 268 valence electrons. The number of halogens is 1. The molecule has 8 N–H and O–H groups in total. The molecule has 6 rings (SSSR count). The van der Waals surface area contributed by atoms with Crippen molar-refractivity contribution in [1.82, 2.24) is 19.0 Å². The van der Waals surface area contributed by atoms with Crippen molar-refractivity contribution in [2.45, 2.75) is 25.5 Å². The molecule has 0 aliphatic carbocycles. The van der Waals surface area contributed by atoms with Crippen LogP contribution in [0, 0.1) is 6.92 Å². The van der Waals surface area contributed by atoms with E-state index in [0.717, 1.165) is 21.2 Å². The van der Waals surface area contributed by atoms with Crippen molar-refractivity contribution < 1.29 is 29.4 Å². The summed E-state index contributed by atoms with van der Waals surface area (Å²) in [5.41, 5.74) is 9.88. The predicted molar refractivity (Wildman–Crippen MR) is 197 cm³/mol. The molecule has 1 aliphatic heterocycles. The Kier molecular flexibility index (Phi) is 9.86. The van der Waals surface area contributed by atoms with Crippen LogP contribution < -0.4 is 31.9 Å². The zero-order chi connectivity index (χ0) is 36.7. The number of carbonyl (C=O) groups excluding carboxylic acids is 4. The first-order valence-electron chi connectivity index (χ1n) is 15.9.